The summed E-state index contributed by atoms with van der Waals surface area (Å²) < 4.78 is 7.22. The number of carbonyl (C=O) groups is 2. The first kappa shape index (κ1) is 22.3. The van der Waals surface area contributed by atoms with E-state index in [1.54, 1.807) is 18.3 Å². The number of para-hydroxylation sites is 1. The molecule has 0 unspecified atom stereocenters. The van der Waals surface area contributed by atoms with Crippen molar-refractivity contribution in [2.75, 3.05) is 17.2 Å². The Balaban J connectivity index is 1.37. The minimum Gasteiger partial charge on any atom is -0.484 e. The zero-order valence-electron chi connectivity index (χ0n) is 17.1. The molecule has 10 heteroatoms. The van der Waals surface area contributed by atoms with Crippen LogP contribution < -0.4 is 15.4 Å². The third-order valence-electron chi connectivity index (χ3n) is 4.33. The molecule has 0 aliphatic rings. The maximum absolute atomic E-state index is 12.6. The van der Waals surface area contributed by atoms with Crippen molar-refractivity contribution >= 4 is 67.3 Å². The van der Waals surface area contributed by atoms with Crippen LogP contribution in [0.1, 0.15) is 13.3 Å². The second kappa shape index (κ2) is 10.6. The maximum atomic E-state index is 12.6. The number of rotatable bonds is 9. The van der Waals surface area contributed by atoms with Gasteiger partial charge in [-0.1, -0.05) is 36.9 Å². The Bertz CT molecular complexity index is 1200. The van der Waals surface area contributed by atoms with Crippen LogP contribution in [0.15, 0.2) is 64.4 Å². The highest BCUT2D eigenvalue weighted by Gasteiger charge is 2.21. The summed E-state index contributed by atoms with van der Waals surface area (Å²) in [5, 5.41) is 7.84. The SMILES string of the molecule is CC[C@@H](Sc1nc2ccc(NC(=O)COc3ccccc3)cc2s1)C(=O)Nc1nccs1. The van der Waals surface area contributed by atoms with Crippen LogP contribution in [0, 0.1) is 0 Å². The fraction of sp³-hybridized carbons (Fsp3) is 0.182. The van der Waals surface area contributed by atoms with Crippen LogP contribution in [-0.4, -0.2) is 33.6 Å². The number of nitrogens with one attached hydrogen (secondary N) is 2. The van der Waals surface area contributed by atoms with Gasteiger partial charge in [0.05, 0.1) is 15.5 Å². The van der Waals surface area contributed by atoms with E-state index in [-0.39, 0.29) is 23.7 Å². The summed E-state index contributed by atoms with van der Waals surface area (Å²) in [6.07, 6.45) is 2.33. The average Bonchev–Trinajstić information content (AvgIpc) is 3.45. The van der Waals surface area contributed by atoms with Crippen LogP contribution in [0.4, 0.5) is 10.8 Å². The predicted octanol–water partition coefficient (Wildman–Crippen LogP) is 5.28. The molecule has 0 bridgehead atoms. The topological polar surface area (TPSA) is 93.2 Å². The molecular formula is C22H20N4O3S3. The number of aromatic nitrogens is 2. The Hall–Kier alpha value is -2.95. The number of hydrogen-bond donors (Lipinski definition) is 2. The molecule has 1 atom stereocenters. The summed E-state index contributed by atoms with van der Waals surface area (Å²) in [4.78, 5) is 33.5. The van der Waals surface area contributed by atoms with Crippen molar-refractivity contribution in [3.05, 3.63) is 60.1 Å². The van der Waals surface area contributed by atoms with Gasteiger partial charge in [-0.15, -0.1) is 22.7 Å². The Morgan fingerprint density at radius 1 is 1.16 bits per heavy atom. The van der Waals surface area contributed by atoms with Gasteiger partial charge in [-0.25, -0.2) is 9.97 Å². The highest BCUT2D eigenvalue weighted by atomic mass is 32.2. The lowest BCUT2D eigenvalue weighted by Crippen LogP contribution is -2.24. The van der Waals surface area contributed by atoms with E-state index >= 15 is 0 Å². The smallest absolute Gasteiger partial charge is 0.262 e. The third kappa shape index (κ3) is 5.84. The van der Waals surface area contributed by atoms with Gasteiger partial charge in [-0.2, -0.15) is 0 Å². The Kier molecular flexibility index (Phi) is 7.35. The molecule has 0 radical (unpaired) electrons. The predicted molar refractivity (Wildman–Crippen MR) is 131 cm³/mol. The molecule has 0 saturated carbocycles. The molecule has 2 aromatic heterocycles. The molecular weight excluding hydrogens is 464 g/mol. The number of thiazole rings is 2. The van der Waals surface area contributed by atoms with E-state index in [0.29, 0.717) is 23.0 Å². The first-order valence-corrected chi connectivity index (χ1v) is 12.4. The van der Waals surface area contributed by atoms with Crippen LogP contribution in [0.3, 0.4) is 0 Å². The van der Waals surface area contributed by atoms with Crippen LogP contribution >= 0.6 is 34.4 Å². The highest BCUT2D eigenvalue weighted by molar-refractivity contribution is 8.02. The first-order chi connectivity index (χ1) is 15.6. The Morgan fingerprint density at radius 2 is 2.00 bits per heavy atom. The van der Waals surface area contributed by atoms with Gasteiger partial charge in [-0.3, -0.25) is 9.59 Å². The van der Waals surface area contributed by atoms with Gasteiger partial charge in [0, 0.05) is 17.3 Å². The van der Waals surface area contributed by atoms with Gasteiger partial charge in [0.25, 0.3) is 5.91 Å². The summed E-state index contributed by atoms with van der Waals surface area (Å²) in [6, 6.07) is 14.8. The van der Waals surface area contributed by atoms with Gasteiger partial charge < -0.3 is 15.4 Å². The molecule has 7 nitrogen and oxygen atoms in total. The fourth-order valence-corrected chi connectivity index (χ4v) is 5.61. The molecule has 0 saturated heterocycles. The van der Waals surface area contributed by atoms with E-state index in [1.807, 2.05) is 48.7 Å². The molecule has 0 spiro atoms. The maximum Gasteiger partial charge on any atom is 0.262 e. The number of fused-ring (bicyclic) bond motifs is 1. The Labute approximate surface area is 197 Å². The summed E-state index contributed by atoms with van der Waals surface area (Å²) in [7, 11) is 0. The van der Waals surface area contributed by atoms with Crippen molar-refractivity contribution in [2.45, 2.75) is 22.9 Å². The monoisotopic (exact) mass is 484 g/mol. The van der Waals surface area contributed by atoms with Gasteiger partial charge in [-0.05, 0) is 36.8 Å². The molecule has 2 amide bonds. The number of carbonyl (C=O) groups excluding carboxylic acids is 2. The van der Waals surface area contributed by atoms with Gasteiger partial charge in [0.2, 0.25) is 5.91 Å². The number of thioether (sulfide) groups is 1. The molecule has 2 heterocycles. The van der Waals surface area contributed by atoms with Crippen molar-refractivity contribution in [1.82, 2.24) is 9.97 Å². The van der Waals surface area contributed by atoms with Gasteiger partial charge >= 0.3 is 0 Å². The molecule has 4 rings (SSSR count). The molecule has 2 N–H and O–H groups in total. The Morgan fingerprint density at radius 3 is 2.75 bits per heavy atom. The van der Waals surface area contributed by atoms with Gasteiger partial charge in [0.1, 0.15) is 5.75 Å². The number of amides is 2. The summed E-state index contributed by atoms with van der Waals surface area (Å²) in [6.45, 7) is 1.90. The lowest BCUT2D eigenvalue weighted by atomic mass is 10.3. The largest absolute Gasteiger partial charge is 0.484 e. The number of nitrogens with zero attached hydrogens (tertiary/aromatic N) is 2. The molecule has 32 heavy (non-hydrogen) atoms. The molecule has 2 aromatic carbocycles. The van der Waals surface area contributed by atoms with Crippen LogP contribution in [0.5, 0.6) is 5.75 Å². The second-order valence-corrected chi connectivity index (χ2v) is 10.0. The zero-order chi connectivity index (χ0) is 22.3. The fourth-order valence-electron chi connectivity index (χ4n) is 2.81. The first-order valence-electron chi connectivity index (χ1n) is 9.86. The van der Waals surface area contributed by atoms with E-state index in [9.17, 15) is 9.59 Å². The van der Waals surface area contributed by atoms with Crippen molar-refractivity contribution in [3.63, 3.8) is 0 Å². The van der Waals surface area contributed by atoms with Crippen molar-refractivity contribution in [1.29, 1.82) is 0 Å². The van der Waals surface area contributed by atoms with Crippen molar-refractivity contribution in [3.8, 4) is 5.75 Å². The average molecular weight is 485 g/mol. The molecule has 4 aromatic rings. The standard InChI is InChI=1S/C22H20N4O3S3/c1-2-17(20(28)26-21-23-10-11-30-21)31-22-25-16-9-8-14(12-18(16)32-22)24-19(27)13-29-15-6-4-3-5-7-15/h3-12,17H,2,13H2,1H3,(H,24,27)(H,23,26,28)/t17-/m1/s1. The molecule has 0 fully saturated rings. The highest BCUT2D eigenvalue weighted by Crippen LogP contribution is 2.34. The van der Waals surface area contributed by atoms with Crippen molar-refractivity contribution in [2.24, 2.45) is 0 Å². The lowest BCUT2D eigenvalue weighted by molar-refractivity contribution is -0.118. The van der Waals surface area contributed by atoms with E-state index in [2.05, 4.69) is 20.6 Å². The van der Waals surface area contributed by atoms with Crippen LogP contribution in [-0.2, 0) is 9.59 Å². The van der Waals surface area contributed by atoms with Crippen LogP contribution in [0.25, 0.3) is 10.2 Å². The van der Waals surface area contributed by atoms with E-state index in [1.165, 1.54) is 34.4 Å². The quantitative estimate of drug-likeness (QED) is 0.314. The normalized spacial score (nSPS) is 11.8. The minimum atomic E-state index is -0.270. The summed E-state index contributed by atoms with van der Waals surface area (Å²) in [5.41, 5.74) is 1.50. The molecule has 164 valence electrons. The summed E-state index contributed by atoms with van der Waals surface area (Å²) >= 11 is 4.32. The number of anilines is 2. The molecule has 0 aliphatic carbocycles. The number of hydrogen-bond acceptors (Lipinski definition) is 8. The van der Waals surface area contributed by atoms with E-state index in [4.69, 9.17) is 4.74 Å². The van der Waals surface area contributed by atoms with E-state index in [0.717, 1.165) is 14.6 Å². The second-order valence-electron chi connectivity index (χ2n) is 6.65. The minimum absolute atomic E-state index is 0.0712. The summed E-state index contributed by atoms with van der Waals surface area (Å²) in [5.74, 6) is 0.321. The third-order valence-corrected chi connectivity index (χ3v) is 7.50. The van der Waals surface area contributed by atoms with Gasteiger partial charge in [0.15, 0.2) is 16.1 Å². The van der Waals surface area contributed by atoms with Crippen molar-refractivity contribution < 1.29 is 14.3 Å². The zero-order valence-corrected chi connectivity index (χ0v) is 19.6. The van der Waals surface area contributed by atoms with Crippen LogP contribution in [0.2, 0.25) is 0 Å². The lowest BCUT2D eigenvalue weighted by Gasteiger charge is -2.11. The van der Waals surface area contributed by atoms with E-state index < -0.39 is 0 Å². The molecule has 0 aliphatic heterocycles. The number of ether oxygens (including phenoxy) is 1. The number of benzene rings is 2.